The molecule has 0 radical (unpaired) electrons. The smallest absolute Gasteiger partial charge is 0.303 e. The molecule has 6 nitrogen and oxygen atoms in total. The number of carboxylic acid groups (broad SMARTS) is 3. The Morgan fingerprint density at radius 1 is 0.386 bits per heavy atom. The highest BCUT2D eigenvalue weighted by molar-refractivity contribution is 5.67. The monoisotopic (exact) mass is 808 g/mol. The summed E-state index contributed by atoms with van der Waals surface area (Å²) in [6.45, 7) is 9.16. The van der Waals surface area contributed by atoms with Crippen LogP contribution in [0.4, 0.5) is 0 Å². The maximum atomic E-state index is 10.3. The largest absolute Gasteiger partial charge is 0.481 e. The van der Waals surface area contributed by atoms with Crippen molar-refractivity contribution in [3.8, 4) is 0 Å². The molecule has 0 amide bonds. The first kappa shape index (κ1) is 59.3. The van der Waals surface area contributed by atoms with Gasteiger partial charge in [-0.3, -0.25) is 14.4 Å². The number of carbonyl (C=O) groups is 3. The van der Waals surface area contributed by atoms with Crippen molar-refractivity contribution < 1.29 is 29.7 Å². The van der Waals surface area contributed by atoms with Crippen LogP contribution in [0.15, 0.2) is 12.2 Å². The first-order valence-electron chi connectivity index (χ1n) is 24.8. The zero-order valence-corrected chi connectivity index (χ0v) is 38.7. The van der Waals surface area contributed by atoms with E-state index in [0.29, 0.717) is 19.3 Å². The molecule has 6 heteroatoms. The number of aliphatic carboxylic acids is 3. The van der Waals surface area contributed by atoms with E-state index in [-0.39, 0.29) is 0 Å². The molecule has 0 aromatic carbocycles. The molecule has 0 heterocycles. The van der Waals surface area contributed by atoms with Gasteiger partial charge in [-0.2, -0.15) is 0 Å². The summed E-state index contributed by atoms with van der Waals surface area (Å²) in [5.74, 6) is -1.09. The fraction of sp³-hybridized carbons (Fsp3) is 0.882. The molecule has 3 N–H and O–H groups in total. The van der Waals surface area contributed by atoms with Crippen molar-refractivity contribution in [2.45, 2.75) is 285 Å². The Morgan fingerprint density at radius 2 is 0.649 bits per heavy atom. The van der Waals surface area contributed by atoms with Crippen LogP contribution in [0.5, 0.6) is 0 Å². The highest BCUT2D eigenvalue weighted by Gasteiger charge is 2.03. The lowest BCUT2D eigenvalue weighted by Gasteiger charge is -2.10. The van der Waals surface area contributed by atoms with E-state index in [2.05, 4.69) is 46.3 Å². The number of rotatable bonds is 43. The predicted octanol–water partition coefficient (Wildman–Crippen LogP) is 17.3. The first-order chi connectivity index (χ1) is 27.7. The summed E-state index contributed by atoms with van der Waals surface area (Å²) >= 11 is 0. The van der Waals surface area contributed by atoms with Gasteiger partial charge in [-0.25, -0.2) is 0 Å². The van der Waals surface area contributed by atoms with Gasteiger partial charge in [-0.05, 0) is 76.5 Å². The van der Waals surface area contributed by atoms with Gasteiger partial charge in [0, 0.05) is 19.3 Å². The average molecular weight is 808 g/mol. The Kier molecular flexibility index (Phi) is 56.2. The first-order valence-corrected chi connectivity index (χ1v) is 24.8. The highest BCUT2D eigenvalue weighted by atomic mass is 16.4. The Hall–Kier alpha value is -1.98. The zero-order valence-electron chi connectivity index (χ0n) is 38.7. The van der Waals surface area contributed by atoms with E-state index in [4.69, 9.17) is 15.3 Å². The molecule has 0 aliphatic rings. The van der Waals surface area contributed by atoms with Gasteiger partial charge in [0.2, 0.25) is 0 Å². The standard InChI is InChI=1S/C17H34O2.2C17H32O2/c1-3-4-5-10-13-16(2)14-11-8-6-7-9-12-15-17(18)19;2*1-2-3-4-5-6-7-8-9-10-11-12-13-14-15-16-17(18)19/h16H,3-15H2,1-2H3,(H,18,19);8H,2-7,9-16H2,1H3;8-9H,2-7,10-16H2,1H3,(H,18,19)/p+1/b;;9-8+. The van der Waals surface area contributed by atoms with E-state index in [9.17, 15) is 14.4 Å². The van der Waals surface area contributed by atoms with Crippen LogP contribution < -0.4 is 0 Å². The number of hydrogen-bond acceptors (Lipinski definition) is 3. The summed E-state index contributed by atoms with van der Waals surface area (Å²) in [5.41, 5.74) is 0. The fourth-order valence-electron chi connectivity index (χ4n) is 7.02. The van der Waals surface area contributed by atoms with Crippen molar-refractivity contribution in [3.63, 3.8) is 0 Å². The quantitative estimate of drug-likeness (QED) is 0.0321. The Bertz CT molecular complexity index is 825. The van der Waals surface area contributed by atoms with Crippen LogP contribution in [0.25, 0.3) is 0 Å². The van der Waals surface area contributed by atoms with Crippen molar-refractivity contribution in [1.82, 2.24) is 0 Å². The molecule has 1 unspecified atom stereocenters. The molecule has 0 aliphatic heterocycles. The van der Waals surface area contributed by atoms with Gasteiger partial charge in [0.05, 0.1) is 19.3 Å². The van der Waals surface area contributed by atoms with Crippen LogP contribution in [-0.4, -0.2) is 33.2 Å². The minimum Gasteiger partial charge on any atom is -0.481 e. The van der Waals surface area contributed by atoms with Crippen molar-refractivity contribution in [3.05, 3.63) is 18.6 Å². The van der Waals surface area contributed by atoms with Gasteiger partial charge in [-0.1, -0.05) is 194 Å². The molecular formula is C51H99O6+. The second-order valence-corrected chi connectivity index (χ2v) is 16.9. The summed E-state index contributed by atoms with van der Waals surface area (Å²) in [6, 6.07) is 0. The van der Waals surface area contributed by atoms with Crippen LogP contribution in [0.3, 0.4) is 0 Å². The molecule has 0 saturated carbocycles. The minimum atomic E-state index is -0.665. The molecule has 0 aliphatic carbocycles. The molecule has 57 heavy (non-hydrogen) atoms. The SMILES string of the molecule is CCCCCCC(C)CCCCCCCCC(=O)O.CCCCCCC/C=C/CCCCCCCC(=O)O.CCCCCCC[CH+]CCCCCCCCC(=O)O. The average Bonchev–Trinajstić information content (AvgIpc) is 3.18. The lowest BCUT2D eigenvalue weighted by molar-refractivity contribution is -0.138. The van der Waals surface area contributed by atoms with E-state index in [1.165, 1.54) is 199 Å². The van der Waals surface area contributed by atoms with E-state index in [1.54, 1.807) is 0 Å². The molecule has 0 rings (SSSR count). The predicted molar refractivity (Wildman–Crippen MR) is 247 cm³/mol. The molecular weight excluding hydrogens is 709 g/mol. The van der Waals surface area contributed by atoms with Gasteiger partial charge >= 0.3 is 17.9 Å². The number of carboxylic acids is 3. The van der Waals surface area contributed by atoms with Gasteiger partial charge in [-0.15, -0.1) is 0 Å². The molecule has 0 fully saturated rings. The van der Waals surface area contributed by atoms with Crippen LogP contribution in [-0.2, 0) is 14.4 Å². The Labute approximate surface area is 355 Å². The van der Waals surface area contributed by atoms with E-state index >= 15 is 0 Å². The maximum absolute atomic E-state index is 10.3. The highest BCUT2D eigenvalue weighted by Crippen LogP contribution is 2.18. The lowest BCUT2D eigenvalue weighted by Crippen LogP contribution is -1.95. The maximum Gasteiger partial charge on any atom is 0.303 e. The van der Waals surface area contributed by atoms with Gasteiger partial charge in [0.1, 0.15) is 0 Å². The third kappa shape index (κ3) is 66.1. The third-order valence-corrected chi connectivity index (χ3v) is 10.9. The molecule has 0 saturated heterocycles. The summed E-state index contributed by atoms with van der Waals surface area (Å²) in [5, 5.41) is 25.5. The topological polar surface area (TPSA) is 112 Å². The lowest BCUT2D eigenvalue weighted by atomic mass is 9.96. The summed E-state index contributed by atoms with van der Waals surface area (Å²) in [6.07, 6.45) is 54.8. The zero-order chi connectivity index (χ0) is 42.7. The molecule has 0 aromatic heterocycles. The summed E-state index contributed by atoms with van der Waals surface area (Å²) in [7, 11) is 0. The third-order valence-electron chi connectivity index (χ3n) is 10.9. The molecule has 0 bridgehead atoms. The van der Waals surface area contributed by atoms with E-state index in [0.717, 1.165) is 44.4 Å². The Morgan fingerprint density at radius 3 is 0.982 bits per heavy atom. The second kappa shape index (κ2) is 54.0. The van der Waals surface area contributed by atoms with Crippen LogP contribution in [0, 0.1) is 12.3 Å². The van der Waals surface area contributed by atoms with Crippen LogP contribution in [0.1, 0.15) is 285 Å². The van der Waals surface area contributed by atoms with Crippen molar-refractivity contribution >= 4 is 17.9 Å². The van der Waals surface area contributed by atoms with Crippen molar-refractivity contribution in [2.24, 2.45) is 5.92 Å². The second-order valence-electron chi connectivity index (χ2n) is 16.9. The normalized spacial score (nSPS) is 11.4. The van der Waals surface area contributed by atoms with Gasteiger partial charge < -0.3 is 15.3 Å². The van der Waals surface area contributed by atoms with Crippen molar-refractivity contribution in [1.29, 1.82) is 0 Å². The number of hydrogen-bond donors (Lipinski definition) is 3. The van der Waals surface area contributed by atoms with E-state index in [1.807, 2.05) is 0 Å². The molecule has 0 spiro atoms. The summed E-state index contributed by atoms with van der Waals surface area (Å²) < 4.78 is 0. The molecule has 0 aromatic rings. The molecule has 338 valence electrons. The fourth-order valence-corrected chi connectivity index (χ4v) is 7.02. The van der Waals surface area contributed by atoms with Crippen molar-refractivity contribution in [2.75, 3.05) is 0 Å². The number of unbranched alkanes of at least 4 members (excludes halogenated alkanes) is 31. The minimum absolute atomic E-state index is 0.331. The van der Waals surface area contributed by atoms with E-state index < -0.39 is 17.9 Å². The van der Waals surface area contributed by atoms with Gasteiger partial charge in [0.15, 0.2) is 0 Å². The van der Waals surface area contributed by atoms with Crippen LogP contribution in [0.2, 0.25) is 0 Å². The van der Waals surface area contributed by atoms with Crippen LogP contribution >= 0.6 is 0 Å². The number of allylic oxidation sites excluding steroid dienone is 2. The molecule has 1 atom stereocenters. The van der Waals surface area contributed by atoms with Gasteiger partial charge in [0.25, 0.3) is 0 Å². The Balaban J connectivity index is -0.000000767. The summed E-state index contributed by atoms with van der Waals surface area (Å²) in [4.78, 5) is 31.0.